The smallest absolute Gasteiger partial charge is 0.250 e. The van der Waals surface area contributed by atoms with E-state index in [0.717, 1.165) is 31.5 Å². The van der Waals surface area contributed by atoms with E-state index < -0.39 is 0 Å². The maximum Gasteiger partial charge on any atom is 0.250 e. The van der Waals surface area contributed by atoms with Crippen molar-refractivity contribution in [3.8, 4) is 0 Å². The largest absolute Gasteiger partial charge is 0.396 e. The zero-order valence-electron chi connectivity index (χ0n) is 11.8. The minimum Gasteiger partial charge on any atom is -0.396 e. The van der Waals surface area contributed by atoms with Gasteiger partial charge in [-0.2, -0.15) is 0 Å². The van der Waals surface area contributed by atoms with Crippen LogP contribution in [-0.2, 0) is 4.79 Å². The first-order valence-electron chi connectivity index (χ1n) is 7.20. The predicted molar refractivity (Wildman–Crippen MR) is 75.1 cm³/mol. The van der Waals surface area contributed by atoms with Gasteiger partial charge >= 0.3 is 0 Å². The van der Waals surface area contributed by atoms with E-state index in [1.807, 2.05) is 12.2 Å². The molecule has 4 nitrogen and oxygen atoms in total. The number of aliphatic hydroxyl groups is 1. The molecule has 0 radical (unpaired) electrons. The van der Waals surface area contributed by atoms with E-state index in [0.29, 0.717) is 11.8 Å². The van der Waals surface area contributed by atoms with E-state index >= 15 is 0 Å². The highest BCUT2D eigenvalue weighted by molar-refractivity contribution is 5.87. The summed E-state index contributed by atoms with van der Waals surface area (Å²) in [5.41, 5.74) is 0.979. The van der Waals surface area contributed by atoms with Crippen LogP contribution in [0, 0.1) is 11.8 Å². The molecule has 4 heteroatoms. The van der Waals surface area contributed by atoms with Gasteiger partial charge in [0.1, 0.15) is 6.04 Å². The Hall–Kier alpha value is -1.29. The van der Waals surface area contributed by atoms with Crippen LogP contribution in [0.15, 0.2) is 24.0 Å². The summed E-state index contributed by atoms with van der Waals surface area (Å²) in [5, 5.41) is 12.4. The lowest BCUT2D eigenvalue weighted by Crippen LogP contribution is -2.45. The second-order valence-corrected chi connectivity index (χ2v) is 5.63. The molecule has 19 heavy (non-hydrogen) atoms. The fraction of sp³-hybridized carbons (Fsp3) is 0.667. The zero-order valence-corrected chi connectivity index (χ0v) is 11.8. The van der Waals surface area contributed by atoms with Gasteiger partial charge in [-0.3, -0.25) is 4.79 Å². The first-order valence-corrected chi connectivity index (χ1v) is 7.20. The van der Waals surface area contributed by atoms with Gasteiger partial charge in [-0.1, -0.05) is 32.4 Å². The highest BCUT2D eigenvalue weighted by atomic mass is 16.3. The third kappa shape index (κ3) is 3.18. The van der Waals surface area contributed by atoms with Crippen molar-refractivity contribution in [3.05, 3.63) is 24.0 Å². The second-order valence-electron chi connectivity index (χ2n) is 5.63. The molecule has 2 N–H and O–H groups in total. The van der Waals surface area contributed by atoms with E-state index in [-0.39, 0.29) is 18.6 Å². The number of nitrogens with one attached hydrogen (secondary N) is 1. The Morgan fingerprint density at radius 2 is 2.37 bits per heavy atom. The first kappa shape index (κ1) is 14.1. The summed E-state index contributed by atoms with van der Waals surface area (Å²) in [6.07, 6.45) is 8.97. The Morgan fingerprint density at radius 3 is 3.05 bits per heavy atom. The van der Waals surface area contributed by atoms with Gasteiger partial charge in [-0.25, -0.2) is 0 Å². The molecular formula is C15H24N2O2. The molecule has 2 aliphatic heterocycles. The number of carbonyl (C=O) groups excluding carboxylic acids is 1. The van der Waals surface area contributed by atoms with Gasteiger partial charge < -0.3 is 15.3 Å². The summed E-state index contributed by atoms with van der Waals surface area (Å²) < 4.78 is 0. The molecular weight excluding hydrogens is 240 g/mol. The molecule has 0 aliphatic carbocycles. The topological polar surface area (TPSA) is 52.6 Å². The Balaban J connectivity index is 1.97. The van der Waals surface area contributed by atoms with Gasteiger partial charge in [0.15, 0.2) is 0 Å². The van der Waals surface area contributed by atoms with E-state index in [2.05, 4.69) is 30.3 Å². The number of aliphatic hydroxyl groups excluding tert-OH is 1. The number of hydrogen-bond acceptors (Lipinski definition) is 3. The maximum atomic E-state index is 11.9. The fourth-order valence-corrected chi connectivity index (χ4v) is 2.92. The van der Waals surface area contributed by atoms with Crippen LogP contribution in [0.4, 0.5) is 0 Å². The number of rotatable bonds is 6. The number of nitrogens with zero attached hydrogens (tertiary/aromatic N) is 1. The van der Waals surface area contributed by atoms with Crippen molar-refractivity contribution in [2.45, 2.75) is 39.2 Å². The van der Waals surface area contributed by atoms with Crippen LogP contribution in [0.2, 0.25) is 0 Å². The summed E-state index contributed by atoms with van der Waals surface area (Å²) in [7, 11) is 0. The van der Waals surface area contributed by atoms with Gasteiger partial charge in [-0.15, -0.1) is 0 Å². The zero-order chi connectivity index (χ0) is 13.8. The Bertz CT molecular complexity index is 390. The minimum atomic E-state index is -0.122. The van der Waals surface area contributed by atoms with Crippen LogP contribution in [0.25, 0.3) is 0 Å². The lowest BCUT2D eigenvalue weighted by molar-refractivity contribution is -0.123. The van der Waals surface area contributed by atoms with E-state index in [9.17, 15) is 9.90 Å². The highest BCUT2D eigenvalue weighted by Gasteiger charge is 2.30. The molecule has 0 aromatic carbocycles. The monoisotopic (exact) mass is 264 g/mol. The summed E-state index contributed by atoms with van der Waals surface area (Å²) in [6, 6.07) is -0.122. The molecule has 0 fully saturated rings. The molecule has 2 aliphatic rings. The first-order chi connectivity index (χ1) is 9.15. The Labute approximate surface area is 115 Å². The lowest BCUT2D eigenvalue weighted by Gasteiger charge is -2.31. The van der Waals surface area contributed by atoms with E-state index in [1.165, 1.54) is 0 Å². The van der Waals surface area contributed by atoms with Crippen molar-refractivity contribution in [1.29, 1.82) is 0 Å². The summed E-state index contributed by atoms with van der Waals surface area (Å²) in [5.74, 6) is 0.760. The molecule has 1 unspecified atom stereocenters. The minimum absolute atomic E-state index is 0.0643. The van der Waals surface area contributed by atoms with E-state index in [4.69, 9.17) is 0 Å². The quantitative estimate of drug-likeness (QED) is 0.717. The van der Waals surface area contributed by atoms with Gasteiger partial charge in [-0.05, 0) is 24.7 Å². The molecule has 1 amide bonds. The molecule has 0 saturated heterocycles. The lowest BCUT2D eigenvalue weighted by atomic mass is 9.87. The van der Waals surface area contributed by atoms with Gasteiger partial charge in [0.05, 0.1) is 0 Å². The van der Waals surface area contributed by atoms with Crippen LogP contribution < -0.4 is 5.32 Å². The molecule has 0 saturated carbocycles. The maximum absolute atomic E-state index is 11.9. The highest BCUT2D eigenvalue weighted by Crippen LogP contribution is 2.25. The van der Waals surface area contributed by atoms with E-state index in [1.54, 1.807) is 0 Å². The van der Waals surface area contributed by atoms with Gasteiger partial charge in [0, 0.05) is 25.0 Å². The number of carbonyl (C=O) groups is 1. The number of amides is 1. The van der Waals surface area contributed by atoms with Crippen molar-refractivity contribution < 1.29 is 9.90 Å². The SMILES string of the molecule is CCC[C@H](CO)C(C)CC1=CN2CC=C[C@H]2C(=O)N1. The van der Waals surface area contributed by atoms with Crippen molar-refractivity contribution in [2.75, 3.05) is 13.2 Å². The van der Waals surface area contributed by atoms with Gasteiger partial charge in [0.2, 0.25) is 0 Å². The van der Waals surface area contributed by atoms with Crippen molar-refractivity contribution in [2.24, 2.45) is 11.8 Å². The normalized spacial score (nSPS) is 24.8. The third-order valence-electron chi connectivity index (χ3n) is 4.11. The number of fused-ring (bicyclic) bond motifs is 1. The standard InChI is InChI=1S/C15H24N2O2/c1-3-5-12(10-18)11(2)8-13-9-17-7-4-6-14(17)15(19)16-13/h4,6,9,11-12,14,18H,3,5,7-8,10H2,1-2H3,(H,16,19)/t11?,12-,14+/m1/s1. The van der Waals surface area contributed by atoms with Crippen molar-refractivity contribution in [1.82, 2.24) is 10.2 Å². The Morgan fingerprint density at radius 1 is 1.58 bits per heavy atom. The Kier molecular flexibility index (Phi) is 4.64. The van der Waals surface area contributed by atoms with Crippen molar-refractivity contribution in [3.63, 3.8) is 0 Å². The van der Waals surface area contributed by atoms with Crippen LogP contribution in [-0.4, -0.2) is 35.1 Å². The summed E-state index contributed by atoms with van der Waals surface area (Å²) in [6.45, 7) is 5.33. The van der Waals surface area contributed by atoms with Crippen LogP contribution in [0.5, 0.6) is 0 Å². The molecule has 0 bridgehead atoms. The molecule has 0 aromatic rings. The fourth-order valence-electron chi connectivity index (χ4n) is 2.92. The molecule has 106 valence electrons. The average Bonchev–Trinajstić information content (AvgIpc) is 2.84. The van der Waals surface area contributed by atoms with Crippen LogP contribution in [0.3, 0.4) is 0 Å². The molecule has 2 rings (SSSR count). The van der Waals surface area contributed by atoms with Crippen LogP contribution in [0.1, 0.15) is 33.1 Å². The molecule has 3 atom stereocenters. The molecule has 0 aromatic heterocycles. The summed E-state index contributed by atoms with van der Waals surface area (Å²) >= 11 is 0. The van der Waals surface area contributed by atoms with Crippen molar-refractivity contribution >= 4 is 5.91 Å². The third-order valence-corrected chi connectivity index (χ3v) is 4.11. The average molecular weight is 264 g/mol. The van der Waals surface area contributed by atoms with Gasteiger partial charge in [0.25, 0.3) is 5.91 Å². The second kappa shape index (κ2) is 6.24. The predicted octanol–water partition coefficient (Wildman–Crippen LogP) is 1.63. The summed E-state index contributed by atoms with van der Waals surface area (Å²) in [4.78, 5) is 14.0. The number of hydrogen-bond donors (Lipinski definition) is 2. The molecule has 2 heterocycles. The van der Waals surface area contributed by atoms with Crippen LogP contribution >= 0.6 is 0 Å². The number of allylic oxidation sites excluding steroid dienone is 1. The molecule has 0 spiro atoms.